The molecule has 1 aliphatic carbocycles. The van der Waals surface area contributed by atoms with E-state index < -0.39 is 0 Å². The van der Waals surface area contributed by atoms with Crippen molar-refractivity contribution in [3.05, 3.63) is 34.3 Å². The minimum absolute atomic E-state index is 0.536. The Bertz CT molecular complexity index is 362. The first kappa shape index (κ1) is 11.9. The van der Waals surface area contributed by atoms with E-state index in [-0.39, 0.29) is 0 Å². The fourth-order valence-electron chi connectivity index (χ4n) is 2.62. The molecule has 2 heteroatoms. The molecule has 0 fully saturated rings. The number of hydrogen-bond donors (Lipinski definition) is 1. The fraction of sp³-hybridized carbons (Fsp3) is 0.571. The van der Waals surface area contributed by atoms with Crippen LogP contribution in [0.1, 0.15) is 50.3 Å². The Balaban J connectivity index is 2.06. The number of halogens is 1. The van der Waals surface area contributed by atoms with E-state index in [0.717, 1.165) is 11.4 Å². The quantitative estimate of drug-likeness (QED) is 0.831. The topological polar surface area (TPSA) is 12.0 Å². The molecule has 2 atom stereocenters. The van der Waals surface area contributed by atoms with Gasteiger partial charge < -0.3 is 5.32 Å². The lowest BCUT2D eigenvalue weighted by atomic mass is 10.1. The molecule has 16 heavy (non-hydrogen) atoms. The molecule has 1 nitrogen and oxygen atoms in total. The van der Waals surface area contributed by atoms with E-state index in [4.69, 9.17) is 11.6 Å². The highest BCUT2D eigenvalue weighted by atomic mass is 35.5. The lowest BCUT2D eigenvalue weighted by Crippen LogP contribution is -2.29. The second-order valence-electron chi connectivity index (χ2n) is 4.79. The minimum atomic E-state index is 0.536. The van der Waals surface area contributed by atoms with Crippen molar-refractivity contribution in [3.63, 3.8) is 0 Å². The maximum atomic E-state index is 6.01. The third kappa shape index (κ3) is 2.58. The van der Waals surface area contributed by atoms with E-state index in [0.29, 0.717) is 12.1 Å². The number of fused-ring (bicyclic) bond motifs is 1. The average Bonchev–Trinajstić information content (AvgIpc) is 2.61. The van der Waals surface area contributed by atoms with E-state index in [2.05, 4.69) is 31.3 Å². The Morgan fingerprint density at radius 2 is 2.31 bits per heavy atom. The van der Waals surface area contributed by atoms with E-state index >= 15 is 0 Å². The largest absolute Gasteiger partial charge is 0.307 e. The normalized spacial score (nSPS) is 20.8. The molecule has 1 aromatic rings. The van der Waals surface area contributed by atoms with E-state index in [9.17, 15) is 0 Å². The fourth-order valence-corrected chi connectivity index (χ4v) is 2.81. The van der Waals surface area contributed by atoms with Crippen molar-refractivity contribution in [2.75, 3.05) is 0 Å². The highest BCUT2D eigenvalue weighted by molar-refractivity contribution is 6.30. The highest BCUT2D eigenvalue weighted by Gasteiger charge is 2.23. The number of nitrogens with one attached hydrogen (secondary N) is 1. The smallest absolute Gasteiger partial charge is 0.0408 e. The minimum Gasteiger partial charge on any atom is -0.307 e. The summed E-state index contributed by atoms with van der Waals surface area (Å²) in [7, 11) is 0. The van der Waals surface area contributed by atoms with Crippen LogP contribution in [0.4, 0.5) is 0 Å². The first-order chi connectivity index (χ1) is 7.70. The summed E-state index contributed by atoms with van der Waals surface area (Å²) in [4.78, 5) is 0. The Kier molecular flexibility index (Phi) is 3.88. The molecule has 0 spiro atoms. The number of benzene rings is 1. The van der Waals surface area contributed by atoms with Crippen LogP contribution in [0.15, 0.2) is 18.2 Å². The summed E-state index contributed by atoms with van der Waals surface area (Å²) in [6, 6.07) is 7.44. The molecule has 0 heterocycles. The second kappa shape index (κ2) is 5.20. The highest BCUT2D eigenvalue weighted by Crippen LogP contribution is 2.33. The molecule has 0 saturated carbocycles. The molecule has 1 N–H and O–H groups in total. The zero-order chi connectivity index (χ0) is 11.5. The molecule has 2 unspecified atom stereocenters. The van der Waals surface area contributed by atoms with Crippen LogP contribution in [0.25, 0.3) is 0 Å². The van der Waals surface area contributed by atoms with Crippen LogP contribution in [0.3, 0.4) is 0 Å². The molecule has 88 valence electrons. The summed E-state index contributed by atoms with van der Waals surface area (Å²) in [6.07, 6.45) is 4.86. The van der Waals surface area contributed by atoms with Gasteiger partial charge in [0.15, 0.2) is 0 Å². The van der Waals surface area contributed by atoms with Gasteiger partial charge in [-0.2, -0.15) is 0 Å². The molecule has 2 rings (SSSR count). The third-order valence-corrected chi connectivity index (χ3v) is 3.63. The van der Waals surface area contributed by atoms with Gasteiger partial charge >= 0.3 is 0 Å². The Morgan fingerprint density at radius 1 is 1.50 bits per heavy atom. The van der Waals surface area contributed by atoms with Crippen LogP contribution in [0.5, 0.6) is 0 Å². The maximum absolute atomic E-state index is 6.01. The van der Waals surface area contributed by atoms with Gasteiger partial charge in [-0.15, -0.1) is 0 Å². The molecular formula is C14H20ClN. The van der Waals surface area contributed by atoms with Crippen molar-refractivity contribution in [1.82, 2.24) is 5.32 Å². The first-order valence-corrected chi connectivity index (χ1v) is 6.63. The van der Waals surface area contributed by atoms with Crippen LogP contribution in [0.2, 0.25) is 5.02 Å². The SMILES string of the molecule is CCCC(C)NC1CCc2cc(Cl)ccc21. The van der Waals surface area contributed by atoms with Crippen molar-refractivity contribution in [3.8, 4) is 0 Å². The summed E-state index contributed by atoms with van der Waals surface area (Å²) in [5, 5.41) is 4.57. The Hall–Kier alpha value is -0.530. The zero-order valence-electron chi connectivity index (χ0n) is 10.1. The summed E-state index contributed by atoms with van der Waals surface area (Å²) in [5.41, 5.74) is 2.88. The van der Waals surface area contributed by atoms with Gasteiger partial charge in [-0.05, 0) is 49.4 Å². The van der Waals surface area contributed by atoms with E-state index in [1.807, 2.05) is 6.07 Å². The van der Waals surface area contributed by atoms with Crippen molar-refractivity contribution in [2.45, 2.75) is 51.6 Å². The van der Waals surface area contributed by atoms with Crippen molar-refractivity contribution >= 4 is 11.6 Å². The summed E-state index contributed by atoms with van der Waals surface area (Å²) < 4.78 is 0. The molecule has 1 aromatic carbocycles. The third-order valence-electron chi connectivity index (χ3n) is 3.39. The lowest BCUT2D eigenvalue weighted by Gasteiger charge is -2.19. The molecular weight excluding hydrogens is 218 g/mol. The Morgan fingerprint density at radius 3 is 3.06 bits per heavy atom. The molecule has 0 radical (unpaired) electrons. The number of aryl methyl sites for hydroxylation is 1. The maximum Gasteiger partial charge on any atom is 0.0408 e. The summed E-state index contributed by atoms with van der Waals surface area (Å²) in [5.74, 6) is 0. The molecule has 0 amide bonds. The van der Waals surface area contributed by atoms with Gasteiger partial charge in [0.2, 0.25) is 0 Å². The Labute approximate surface area is 103 Å². The van der Waals surface area contributed by atoms with Crippen LogP contribution in [0, 0.1) is 0 Å². The van der Waals surface area contributed by atoms with Crippen LogP contribution < -0.4 is 5.32 Å². The average molecular weight is 238 g/mol. The zero-order valence-corrected chi connectivity index (χ0v) is 10.8. The van der Waals surface area contributed by atoms with E-state index in [1.54, 1.807) is 0 Å². The van der Waals surface area contributed by atoms with Gasteiger partial charge in [-0.1, -0.05) is 31.0 Å². The number of hydrogen-bond acceptors (Lipinski definition) is 1. The van der Waals surface area contributed by atoms with Crippen molar-refractivity contribution in [1.29, 1.82) is 0 Å². The van der Waals surface area contributed by atoms with Crippen LogP contribution in [-0.4, -0.2) is 6.04 Å². The van der Waals surface area contributed by atoms with Crippen LogP contribution in [-0.2, 0) is 6.42 Å². The van der Waals surface area contributed by atoms with E-state index in [1.165, 1.54) is 30.4 Å². The lowest BCUT2D eigenvalue weighted by molar-refractivity contribution is 0.431. The predicted molar refractivity (Wildman–Crippen MR) is 70.0 cm³/mol. The molecule has 0 aliphatic heterocycles. The standard InChI is InChI=1S/C14H20ClN/c1-3-4-10(2)16-14-8-5-11-9-12(15)6-7-13(11)14/h6-7,9-10,14,16H,3-5,8H2,1-2H3. The first-order valence-electron chi connectivity index (χ1n) is 6.25. The van der Waals surface area contributed by atoms with Gasteiger partial charge in [0.25, 0.3) is 0 Å². The van der Waals surface area contributed by atoms with Gasteiger partial charge in [-0.25, -0.2) is 0 Å². The number of rotatable bonds is 4. The molecule has 1 aliphatic rings. The van der Waals surface area contributed by atoms with Gasteiger partial charge in [0.05, 0.1) is 0 Å². The predicted octanol–water partition coefficient (Wildman–Crippen LogP) is 4.11. The van der Waals surface area contributed by atoms with Crippen molar-refractivity contribution in [2.24, 2.45) is 0 Å². The monoisotopic (exact) mass is 237 g/mol. The van der Waals surface area contributed by atoms with Gasteiger partial charge in [-0.3, -0.25) is 0 Å². The molecule has 0 bridgehead atoms. The van der Waals surface area contributed by atoms with Crippen LogP contribution >= 0.6 is 11.6 Å². The molecule has 0 aromatic heterocycles. The summed E-state index contributed by atoms with van der Waals surface area (Å²) >= 11 is 6.01. The molecule has 0 saturated heterocycles. The summed E-state index contributed by atoms with van der Waals surface area (Å²) in [6.45, 7) is 4.51. The second-order valence-corrected chi connectivity index (χ2v) is 5.23. The van der Waals surface area contributed by atoms with Gasteiger partial charge in [0, 0.05) is 17.1 Å². The van der Waals surface area contributed by atoms with Crippen molar-refractivity contribution < 1.29 is 0 Å². The van der Waals surface area contributed by atoms with Gasteiger partial charge in [0.1, 0.15) is 0 Å².